The van der Waals surface area contributed by atoms with Crippen molar-refractivity contribution in [3.05, 3.63) is 0 Å². The average molecular weight is 216 g/mol. The molecule has 15 heavy (non-hydrogen) atoms. The van der Waals surface area contributed by atoms with Crippen LogP contribution in [0.15, 0.2) is 0 Å². The highest BCUT2D eigenvalue weighted by Crippen LogP contribution is 1.96. The molecule has 0 rings (SSSR count). The Morgan fingerprint density at radius 1 is 1.27 bits per heavy atom. The zero-order valence-corrected chi connectivity index (χ0v) is 10.9. The maximum atomic E-state index is 4.99. The summed E-state index contributed by atoms with van der Waals surface area (Å²) in [6.07, 6.45) is 1.10. The van der Waals surface area contributed by atoms with Crippen molar-refractivity contribution < 1.29 is 4.74 Å². The van der Waals surface area contributed by atoms with E-state index in [-0.39, 0.29) is 0 Å². The van der Waals surface area contributed by atoms with E-state index in [0.29, 0.717) is 0 Å². The molecule has 0 aromatic heterocycles. The molecule has 0 aliphatic carbocycles. The van der Waals surface area contributed by atoms with Crippen molar-refractivity contribution in [3.8, 4) is 0 Å². The van der Waals surface area contributed by atoms with Gasteiger partial charge in [-0.3, -0.25) is 0 Å². The summed E-state index contributed by atoms with van der Waals surface area (Å²) in [5.74, 6) is 0.762. The Hall–Kier alpha value is -0.120. The largest absolute Gasteiger partial charge is 0.385 e. The Morgan fingerprint density at radius 3 is 2.53 bits per heavy atom. The van der Waals surface area contributed by atoms with Crippen LogP contribution in [0.3, 0.4) is 0 Å². The maximum absolute atomic E-state index is 4.99. The smallest absolute Gasteiger partial charge is 0.0474 e. The third-order valence-electron chi connectivity index (χ3n) is 2.38. The van der Waals surface area contributed by atoms with E-state index >= 15 is 0 Å². The third kappa shape index (κ3) is 10.2. The van der Waals surface area contributed by atoms with Crippen LogP contribution < -0.4 is 5.32 Å². The second kappa shape index (κ2) is 10.4. The first kappa shape index (κ1) is 14.9. The van der Waals surface area contributed by atoms with Crippen LogP contribution in [0.5, 0.6) is 0 Å². The van der Waals surface area contributed by atoms with Crippen molar-refractivity contribution in [2.24, 2.45) is 5.92 Å². The van der Waals surface area contributed by atoms with Crippen molar-refractivity contribution in [1.82, 2.24) is 10.2 Å². The van der Waals surface area contributed by atoms with Gasteiger partial charge in [0.15, 0.2) is 0 Å². The molecule has 0 aliphatic heterocycles. The highest BCUT2D eigenvalue weighted by atomic mass is 16.5. The molecule has 3 heteroatoms. The van der Waals surface area contributed by atoms with Crippen LogP contribution in [0.4, 0.5) is 0 Å². The Balaban J connectivity index is 3.30. The van der Waals surface area contributed by atoms with E-state index < -0.39 is 0 Å². The predicted molar refractivity (Wildman–Crippen MR) is 66.3 cm³/mol. The minimum absolute atomic E-state index is 0.762. The normalized spacial score (nSPS) is 11.6. The van der Waals surface area contributed by atoms with E-state index in [1.54, 1.807) is 7.11 Å². The molecule has 3 nitrogen and oxygen atoms in total. The molecule has 92 valence electrons. The van der Waals surface area contributed by atoms with Crippen molar-refractivity contribution in [3.63, 3.8) is 0 Å². The van der Waals surface area contributed by atoms with Gasteiger partial charge in [-0.2, -0.15) is 0 Å². The molecular formula is C12H28N2O. The number of methoxy groups -OCH3 is 1. The minimum atomic E-state index is 0.762. The van der Waals surface area contributed by atoms with Gasteiger partial charge in [0.2, 0.25) is 0 Å². The minimum Gasteiger partial charge on any atom is -0.385 e. The van der Waals surface area contributed by atoms with E-state index in [1.807, 2.05) is 0 Å². The summed E-state index contributed by atoms with van der Waals surface area (Å²) in [5.41, 5.74) is 0. The van der Waals surface area contributed by atoms with Crippen LogP contribution in [-0.4, -0.2) is 51.3 Å². The summed E-state index contributed by atoms with van der Waals surface area (Å²) >= 11 is 0. The molecule has 0 radical (unpaired) electrons. The number of likely N-dealkylation sites (N-methyl/N-ethyl adjacent to an activating group) is 1. The lowest BCUT2D eigenvalue weighted by atomic mass is 10.2. The average Bonchev–Trinajstić information content (AvgIpc) is 2.20. The van der Waals surface area contributed by atoms with Crippen LogP contribution in [-0.2, 0) is 4.74 Å². The quantitative estimate of drug-likeness (QED) is 0.561. The SMILES string of the molecule is CCN(CCNCCCOC)CC(C)C. The van der Waals surface area contributed by atoms with E-state index in [2.05, 4.69) is 31.0 Å². The molecule has 0 aliphatic rings. The summed E-state index contributed by atoms with van der Waals surface area (Å²) in [4.78, 5) is 2.49. The van der Waals surface area contributed by atoms with Gasteiger partial charge in [-0.1, -0.05) is 20.8 Å². The second-order valence-corrected chi connectivity index (χ2v) is 4.38. The first-order valence-corrected chi connectivity index (χ1v) is 6.12. The number of ether oxygens (including phenoxy) is 1. The van der Waals surface area contributed by atoms with Gasteiger partial charge < -0.3 is 15.0 Å². The third-order valence-corrected chi connectivity index (χ3v) is 2.38. The van der Waals surface area contributed by atoms with Gasteiger partial charge in [0.25, 0.3) is 0 Å². The van der Waals surface area contributed by atoms with E-state index in [1.165, 1.54) is 6.54 Å². The first-order chi connectivity index (χ1) is 7.20. The zero-order chi connectivity index (χ0) is 11.5. The summed E-state index contributed by atoms with van der Waals surface area (Å²) in [5, 5.41) is 3.44. The zero-order valence-electron chi connectivity index (χ0n) is 10.9. The van der Waals surface area contributed by atoms with Crippen LogP contribution in [0.25, 0.3) is 0 Å². The number of nitrogens with one attached hydrogen (secondary N) is 1. The first-order valence-electron chi connectivity index (χ1n) is 6.12. The molecule has 0 aromatic rings. The van der Waals surface area contributed by atoms with E-state index in [4.69, 9.17) is 4.74 Å². The Labute approximate surface area is 95.2 Å². The molecule has 0 bridgehead atoms. The van der Waals surface area contributed by atoms with Crippen LogP contribution >= 0.6 is 0 Å². The summed E-state index contributed by atoms with van der Waals surface area (Å²) in [6, 6.07) is 0. The van der Waals surface area contributed by atoms with E-state index in [0.717, 1.165) is 45.1 Å². The molecule has 0 saturated carbocycles. The molecule has 0 amide bonds. The fraction of sp³-hybridized carbons (Fsp3) is 1.00. The Morgan fingerprint density at radius 2 is 2.00 bits per heavy atom. The monoisotopic (exact) mass is 216 g/mol. The molecule has 0 saturated heterocycles. The van der Waals surface area contributed by atoms with Gasteiger partial charge in [0, 0.05) is 33.4 Å². The summed E-state index contributed by atoms with van der Waals surface area (Å²) in [7, 11) is 1.75. The predicted octanol–water partition coefficient (Wildman–Crippen LogP) is 1.59. The molecule has 0 atom stereocenters. The second-order valence-electron chi connectivity index (χ2n) is 4.38. The number of hydrogen-bond acceptors (Lipinski definition) is 3. The van der Waals surface area contributed by atoms with Crippen molar-refractivity contribution >= 4 is 0 Å². The maximum Gasteiger partial charge on any atom is 0.0474 e. The molecular weight excluding hydrogens is 188 g/mol. The van der Waals surface area contributed by atoms with Gasteiger partial charge in [-0.05, 0) is 25.4 Å². The van der Waals surface area contributed by atoms with Gasteiger partial charge in [-0.25, -0.2) is 0 Å². The number of nitrogens with zero attached hydrogens (tertiary/aromatic N) is 1. The van der Waals surface area contributed by atoms with Gasteiger partial charge >= 0.3 is 0 Å². The summed E-state index contributed by atoms with van der Waals surface area (Å²) in [6.45, 7) is 13.3. The van der Waals surface area contributed by atoms with Gasteiger partial charge in [0.05, 0.1) is 0 Å². The fourth-order valence-electron chi connectivity index (χ4n) is 1.60. The molecule has 0 aromatic carbocycles. The molecule has 0 spiro atoms. The fourth-order valence-corrected chi connectivity index (χ4v) is 1.60. The van der Waals surface area contributed by atoms with E-state index in [9.17, 15) is 0 Å². The standard InChI is InChI=1S/C12H28N2O/c1-5-14(11-12(2)3)9-8-13-7-6-10-15-4/h12-13H,5-11H2,1-4H3. The van der Waals surface area contributed by atoms with Crippen molar-refractivity contribution in [1.29, 1.82) is 0 Å². The van der Waals surface area contributed by atoms with Gasteiger partial charge in [-0.15, -0.1) is 0 Å². The lowest BCUT2D eigenvalue weighted by Gasteiger charge is -2.22. The lowest BCUT2D eigenvalue weighted by Crippen LogP contribution is -2.34. The van der Waals surface area contributed by atoms with Crippen LogP contribution in [0, 0.1) is 5.92 Å². The number of hydrogen-bond donors (Lipinski definition) is 1. The van der Waals surface area contributed by atoms with Gasteiger partial charge in [0.1, 0.15) is 0 Å². The van der Waals surface area contributed by atoms with Crippen LogP contribution in [0.1, 0.15) is 27.2 Å². The molecule has 0 fully saturated rings. The molecule has 1 N–H and O–H groups in total. The summed E-state index contributed by atoms with van der Waals surface area (Å²) < 4.78 is 4.99. The topological polar surface area (TPSA) is 24.5 Å². The highest BCUT2D eigenvalue weighted by molar-refractivity contribution is 4.60. The number of rotatable bonds is 10. The highest BCUT2D eigenvalue weighted by Gasteiger charge is 2.03. The van der Waals surface area contributed by atoms with Crippen molar-refractivity contribution in [2.45, 2.75) is 27.2 Å². The van der Waals surface area contributed by atoms with Crippen LogP contribution in [0.2, 0.25) is 0 Å². The molecule has 0 heterocycles. The van der Waals surface area contributed by atoms with Crippen molar-refractivity contribution in [2.75, 3.05) is 46.4 Å². The Bertz CT molecular complexity index is 129. The Kier molecular flexibility index (Phi) is 10.3. The lowest BCUT2D eigenvalue weighted by molar-refractivity contribution is 0.193. The molecule has 0 unspecified atom stereocenters.